The lowest BCUT2D eigenvalue weighted by Crippen LogP contribution is -2.55. The topological polar surface area (TPSA) is 71.1 Å². The van der Waals surface area contributed by atoms with Crippen LogP contribution in [0, 0.1) is 0 Å². The zero-order valence-electron chi connectivity index (χ0n) is 16.1. The molecule has 3 aromatic rings. The van der Waals surface area contributed by atoms with Crippen molar-refractivity contribution in [2.75, 3.05) is 13.1 Å². The Morgan fingerprint density at radius 2 is 2.10 bits per heavy atom. The molecule has 6 nitrogen and oxygen atoms in total. The maximum Gasteiger partial charge on any atom is 0.287 e. The molecule has 0 aromatic carbocycles. The molecule has 0 radical (unpaired) electrons. The summed E-state index contributed by atoms with van der Waals surface area (Å²) in [4.78, 5) is 25.8. The van der Waals surface area contributed by atoms with Crippen LogP contribution in [0.25, 0.3) is 23.1 Å². The molecule has 30 heavy (non-hydrogen) atoms. The molecule has 1 fully saturated rings. The second-order valence-corrected chi connectivity index (χ2v) is 7.00. The van der Waals surface area contributed by atoms with E-state index in [4.69, 9.17) is 4.74 Å². The van der Waals surface area contributed by atoms with Crippen LogP contribution in [0.15, 0.2) is 49.8 Å². The first-order valence-corrected chi connectivity index (χ1v) is 9.44. The number of alkyl halides is 2. The monoisotopic (exact) mass is 410 g/mol. The Kier molecular flexibility index (Phi) is 5.07. The van der Waals surface area contributed by atoms with Gasteiger partial charge in [-0.1, -0.05) is 19.2 Å². The van der Waals surface area contributed by atoms with Gasteiger partial charge in [0.1, 0.15) is 5.69 Å². The van der Waals surface area contributed by atoms with Crippen molar-refractivity contribution in [2.45, 2.75) is 18.4 Å². The molecule has 1 amide bonds. The number of nitrogens with zero attached hydrogens (tertiary/aromatic N) is 3. The number of carbonyl (C=O) groups excluding carboxylic acids is 1. The normalized spacial score (nSPS) is 18.2. The van der Waals surface area contributed by atoms with Crippen molar-refractivity contribution >= 4 is 29.0 Å². The van der Waals surface area contributed by atoms with Crippen molar-refractivity contribution in [2.24, 2.45) is 0 Å². The third-order valence-electron chi connectivity index (χ3n) is 5.15. The third kappa shape index (κ3) is 3.56. The number of halogens is 2. The van der Waals surface area contributed by atoms with Gasteiger partial charge in [0.2, 0.25) is 5.88 Å². The number of H-pyrrole nitrogens is 1. The number of rotatable bonds is 5. The van der Waals surface area contributed by atoms with Gasteiger partial charge in [-0.2, -0.15) is 0 Å². The summed E-state index contributed by atoms with van der Waals surface area (Å²) in [5, 5.41) is 0.648. The number of hydrogen-bond donors (Lipinski definition) is 1. The SMILES string of the molecule is C=Cc1ccc(OC2CN(C(=O)c3nccc4[nH]ccc34)CCC2(F)F)nc1C=C. The largest absolute Gasteiger partial charge is 0.466 e. The van der Waals surface area contributed by atoms with E-state index in [0.29, 0.717) is 11.1 Å². The minimum Gasteiger partial charge on any atom is -0.466 e. The molecule has 0 bridgehead atoms. The molecular formula is C22H20F2N4O2. The van der Waals surface area contributed by atoms with Crippen LogP contribution in [0.1, 0.15) is 28.2 Å². The molecule has 0 saturated carbocycles. The summed E-state index contributed by atoms with van der Waals surface area (Å²) in [5.41, 5.74) is 2.18. The first-order valence-electron chi connectivity index (χ1n) is 9.44. The van der Waals surface area contributed by atoms with E-state index < -0.39 is 24.4 Å². The Morgan fingerprint density at radius 3 is 2.87 bits per heavy atom. The summed E-state index contributed by atoms with van der Waals surface area (Å²) in [6.45, 7) is 6.99. The first kappa shape index (κ1) is 19.8. The number of carbonyl (C=O) groups is 1. The van der Waals surface area contributed by atoms with Gasteiger partial charge in [0.15, 0.2) is 6.10 Å². The molecule has 1 atom stereocenters. The fourth-order valence-electron chi connectivity index (χ4n) is 3.50. The molecule has 4 rings (SSSR count). The maximum absolute atomic E-state index is 14.6. The van der Waals surface area contributed by atoms with Gasteiger partial charge in [-0.25, -0.2) is 13.8 Å². The van der Waals surface area contributed by atoms with E-state index in [1.165, 1.54) is 23.2 Å². The Labute approximate surface area is 171 Å². The lowest BCUT2D eigenvalue weighted by atomic mass is 10.0. The number of hydrogen-bond acceptors (Lipinski definition) is 4. The molecule has 1 aliphatic rings. The van der Waals surface area contributed by atoms with Crippen LogP contribution in [0.4, 0.5) is 8.78 Å². The molecule has 4 heterocycles. The lowest BCUT2D eigenvalue weighted by molar-refractivity contribution is -0.131. The van der Waals surface area contributed by atoms with Crippen LogP contribution in [0.2, 0.25) is 0 Å². The minimum atomic E-state index is -3.10. The van der Waals surface area contributed by atoms with Crippen molar-refractivity contribution in [1.82, 2.24) is 19.9 Å². The molecular weight excluding hydrogens is 390 g/mol. The Hall–Kier alpha value is -3.55. The summed E-state index contributed by atoms with van der Waals surface area (Å²) in [5.74, 6) is -3.47. The molecule has 0 aliphatic carbocycles. The second-order valence-electron chi connectivity index (χ2n) is 7.00. The number of piperidine rings is 1. The highest BCUT2D eigenvalue weighted by Gasteiger charge is 2.47. The zero-order valence-corrected chi connectivity index (χ0v) is 16.1. The Morgan fingerprint density at radius 1 is 1.27 bits per heavy atom. The van der Waals surface area contributed by atoms with Crippen LogP contribution in [0.3, 0.4) is 0 Å². The number of pyridine rings is 2. The van der Waals surface area contributed by atoms with E-state index >= 15 is 0 Å². The highest BCUT2D eigenvalue weighted by atomic mass is 19.3. The van der Waals surface area contributed by atoms with Crippen LogP contribution in [0.5, 0.6) is 5.88 Å². The highest BCUT2D eigenvalue weighted by molar-refractivity contribution is 6.04. The smallest absolute Gasteiger partial charge is 0.287 e. The van der Waals surface area contributed by atoms with Crippen LogP contribution < -0.4 is 4.74 Å². The number of fused-ring (bicyclic) bond motifs is 1. The number of amides is 1. The molecule has 154 valence electrons. The fraction of sp³-hybridized carbons (Fsp3) is 0.227. The van der Waals surface area contributed by atoms with Crippen LogP contribution in [-0.2, 0) is 0 Å². The molecule has 0 spiro atoms. The number of aromatic amines is 1. The number of nitrogens with one attached hydrogen (secondary N) is 1. The molecule has 1 N–H and O–H groups in total. The van der Waals surface area contributed by atoms with Gasteiger partial charge < -0.3 is 14.6 Å². The Bertz CT molecular complexity index is 1130. The van der Waals surface area contributed by atoms with Crippen molar-refractivity contribution in [3.8, 4) is 5.88 Å². The Balaban J connectivity index is 1.58. The summed E-state index contributed by atoms with van der Waals surface area (Å²) in [6.07, 6.45) is 4.28. The molecule has 8 heteroatoms. The summed E-state index contributed by atoms with van der Waals surface area (Å²) in [6, 6.07) is 6.66. The number of ether oxygens (including phenoxy) is 1. The minimum absolute atomic E-state index is 0.0420. The molecule has 1 unspecified atom stereocenters. The molecule has 1 aliphatic heterocycles. The lowest BCUT2D eigenvalue weighted by Gasteiger charge is -2.37. The van der Waals surface area contributed by atoms with E-state index in [-0.39, 0.29) is 24.7 Å². The second kappa shape index (κ2) is 7.70. The quantitative estimate of drug-likeness (QED) is 0.685. The summed E-state index contributed by atoms with van der Waals surface area (Å²) >= 11 is 0. The van der Waals surface area contributed by atoms with Crippen LogP contribution in [-0.4, -0.2) is 50.9 Å². The molecule has 3 aromatic heterocycles. The predicted octanol–water partition coefficient (Wildman–Crippen LogP) is 4.17. The first-order chi connectivity index (χ1) is 14.4. The van der Waals surface area contributed by atoms with Gasteiger partial charge in [0.05, 0.1) is 12.2 Å². The maximum atomic E-state index is 14.6. The summed E-state index contributed by atoms with van der Waals surface area (Å²) in [7, 11) is 0. The van der Waals surface area contributed by atoms with Gasteiger partial charge in [0.25, 0.3) is 11.8 Å². The van der Waals surface area contributed by atoms with Gasteiger partial charge in [0, 0.05) is 42.3 Å². The molecule has 1 saturated heterocycles. The number of aromatic nitrogens is 3. The van der Waals surface area contributed by atoms with Gasteiger partial charge in [-0.05, 0) is 29.8 Å². The average Bonchev–Trinajstić information content (AvgIpc) is 3.23. The highest BCUT2D eigenvalue weighted by Crippen LogP contribution is 2.32. The van der Waals surface area contributed by atoms with Gasteiger partial charge >= 0.3 is 0 Å². The van der Waals surface area contributed by atoms with Crippen LogP contribution >= 0.6 is 0 Å². The fourth-order valence-corrected chi connectivity index (χ4v) is 3.50. The van der Waals surface area contributed by atoms with Crippen molar-refractivity contribution in [1.29, 1.82) is 0 Å². The van der Waals surface area contributed by atoms with E-state index in [1.807, 2.05) is 0 Å². The van der Waals surface area contributed by atoms with Gasteiger partial charge in [-0.3, -0.25) is 9.78 Å². The van der Waals surface area contributed by atoms with Crippen molar-refractivity contribution < 1.29 is 18.3 Å². The zero-order chi connectivity index (χ0) is 21.3. The van der Waals surface area contributed by atoms with E-state index in [1.54, 1.807) is 30.5 Å². The number of likely N-dealkylation sites (tertiary alicyclic amines) is 1. The third-order valence-corrected chi connectivity index (χ3v) is 5.15. The van der Waals surface area contributed by atoms with E-state index in [2.05, 4.69) is 28.1 Å². The van der Waals surface area contributed by atoms with E-state index in [0.717, 1.165) is 11.1 Å². The van der Waals surface area contributed by atoms with Crippen molar-refractivity contribution in [3.05, 3.63) is 66.8 Å². The standard InChI is InChI=1S/C22H20F2N4O2/c1-3-14-5-6-19(27-16(14)4-2)30-18-13-28(12-9-22(18,23)24)21(29)20-15-7-10-25-17(15)8-11-26-20/h3-8,10-11,18,25H,1-2,9,12-13H2. The van der Waals surface area contributed by atoms with Gasteiger partial charge in [-0.15, -0.1) is 0 Å². The summed E-state index contributed by atoms with van der Waals surface area (Å²) < 4.78 is 34.7. The predicted molar refractivity (Wildman–Crippen MR) is 110 cm³/mol. The van der Waals surface area contributed by atoms with Crippen molar-refractivity contribution in [3.63, 3.8) is 0 Å². The average molecular weight is 410 g/mol. The van der Waals surface area contributed by atoms with E-state index in [9.17, 15) is 13.6 Å².